The van der Waals surface area contributed by atoms with Crippen LogP contribution < -0.4 is 0 Å². The first-order valence-electron chi connectivity index (χ1n) is 14.9. The molecule has 1 aliphatic heterocycles. The summed E-state index contributed by atoms with van der Waals surface area (Å²) in [5, 5.41) is 9.97. The molecule has 43 heavy (non-hydrogen) atoms. The molecule has 3 aromatic carbocycles. The molecule has 0 radical (unpaired) electrons. The summed E-state index contributed by atoms with van der Waals surface area (Å²) in [4.78, 5) is 29.5. The standard InChI is InChI=1S/C34H38FN5O2S/c1-25-10-6-7-13-30(25)40-31(22-27-11-4-3-5-12-27)36-37-34(40)43-21-9-8-14-32(41)38-19-20-39(26(2)24-38)33(42)23-28-15-17-29(35)18-16-28/h3-7,10-13,15-18,26H,8-9,14,19-24H2,1-2H3. The molecule has 0 saturated carbocycles. The van der Waals surface area contributed by atoms with Gasteiger partial charge in [0.05, 0.1) is 12.1 Å². The number of amides is 2. The van der Waals surface area contributed by atoms with Gasteiger partial charge in [-0.25, -0.2) is 4.39 Å². The predicted molar refractivity (Wildman–Crippen MR) is 168 cm³/mol. The molecule has 1 aromatic heterocycles. The van der Waals surface area contributed by atoms with E-state index in [1.807, 2.05) is 47.1 Å². The minimum atomic E-state index is -0.311. The minimum Gasteiger partial charge on any atom is -0.339 e. The normalized spacial score (nSPS) is 15.1. The number of aryl methyl sites for hydroxylation is 1. The fourth-order valence-electron chi connectivity index (χ4n) is 5.48. The summed E-state index contributed by atoms with van der Waals surface area (Å²) in [7, 11) is 0. The highest BCUT2D eigenvalue weighted by molar-refractivity contribution is 7.99. The lowest BCUT2D eigenvalue weighted by Crippen LogP contribution is -2.55. The molecule has 224 valence electrons. The van der Waals surface area contributed by atoms with Crippen molar-refractivity contribution in [3.63, 3.8) is 0 Å². The zero-order valence-electron chi connectivity index (χ0n) is 24.8. The number of rotatable bonds is 11. The Labute approximate surface area is 257 Å². The third-order valence-corrected chi connectivity index (χ3v) is 8.86. The molecular formula is C34H38FN5O2S. The molecule has 1 aliphatic rings. The first-order chi connectivity index (χ1) is 20.9. The van der Waals surface area contributed by atoms with Gasteiger partial charge in [0.2, 0.25) is 11.8 Å². The average molecular weight is 600 g/mol. The van der Waals surface area contributed by atoms with Crippen LogP contribution in [0.3, 0.4) is 0 Å². The quantitative estimate of drug-likeness (QED) is 0.159. The number of benzene rings is 3. The second-order valence-corrected chi connectivity index (χ2v) is 12.1. The zero-order valence-corrected chi connectivity index (χ0v) is 25.6. The lowest BCUT2D eigenvalue weighted by molar-refractivity contribution is -0.142. The number of unbranched alkanes of at least 4 members (excludes halogenated alkanes) is 1. The van der Waals surface area contributed by atoms with Gasteiger partial charge in [0.1, 0.15) is 11.6 Å². The highest BCUT2D eigenvalue weighted by atomic mass is 32.2. The molecule has 5 rings (SSSR count). The number of aromatic nitrogens is 3. The van der Waals surface area contributed by atoms with Gasteiger partial charge in [-0.2, -0.15) is 0 Å². The number of thioether (sulfide) groups is 1. The maximum Gasteiger partial charge on any atom is 0.227 e. The first kappa shape index (κ1) is 30.5. The van der Waals surface area contributed by atoms with Gasteiger partial charge >= 0.3 is 0 Å². The number of piperazine rings is 1. The third kappa shape index (κ3) is 7.90. The molecule has 2 heterocycles. The van der Waals surface area contributed by atoms with E-state index in [2.05, 4.69) is 46.0 Å². The molecule has 0 N–H and O–H groups in total. The van der Waals surface area contributed by atoms with E-state index in [-0.39, 0.29) is 30.1 Å². The van der Waals surface area contributed by atoms with Crippen LogP contribution >= 0.6 is 11.8 Å². The van der Waals surface area contributed by atoms with E-state index in [0.29, 0.717) is 32.5 Å². The van der Waals surface area contributed by atoms with Crippen LogP contribution in [0.4, 0.5) is 4.39 Å². The van der Waals surface area contributed by atoms with Crippen LogP contribution in [0.15, 0.2) is 84.0 Å². The highest BCUT2D eigenvalue weighted by Gasteiger charge is 2.29. The molecule has 9 heteroatoms. The molecule has 4 aromatic rings. The molecule has 0 bridgehead atoms. The molecule has 7 nitrogen and oxygen atoms in total. The predicted octanol–water partition coefficient (Wildman–Crippen LogP) is 5.87. The Morgan fingerprint density at radius 1 is 0.884 bits per heavy atom. The fourth-order valence-corrected chi connectivity index (χ4v) is 6.44. The van der Waals surface area contributed by atoms with Crippen molar-refractivity contribution in [1.82, 2.24) is 24.6 Å². The van der Waals surface area contributed by atoms with E-state index in [1.54, 1.807) is 23.9 Å². The van der Waals surface area contributed by atoms with Crippen molar-refractivity contribution < 1.29 is 14.0 Å². The Balaban J connectivity index is 1.10. The Kier molecular flexibility index (Phi) is 10.3. The van der Waals surface area contributed by atoms with Crippen LogP contribution in [0.25, 0.3) is 5.69 Å². The number of carbonyl (C=O) groups is 2. The van der Waals surface area contributed by atoms with Crippen LogP contribution in [0.5, 0.6) is 0 Å². The molecule has 1 saturated heterocycles. The molecule has 2 amide bonds. The number of halogens is 1. The topological polar surface area (TPSA) is 71.3 Å². The largest absolute Gasteiger partial charge is 0.339 e. The zero-order chi connectivity index (χ0) is 30.2. The summed E-state index contributed by atoms with van der Waals surface area (Å²) >= 11 is 1.67. The van der Waals surface area contributed by atoms with Crippen LogP contribution in [0, 0.1) is 12.7 Å². The van der Waals surface area contributed by atoms with Crippen molar-refractivity contribution in [2.45, 2.75) is 57.1 Å². The van der Waals surface area contributed by atoms with Gasteiger partial charge in [0.15, 0.2) is 5.16 Å². The van der Waals surface area contributed by atoms with Crippen molar-refractivity contribution in [3.05, 3.63) is 107 Å². The second-order valence-electron chi connectivity index (χ2n) is 11.1. The van der Waals surface area contributed by atoms with E-state index in [1.165, 1.54) is 17.7 Å². The van der Waals surface area contributed by atoms with Gasteiger partial charge in [-0.15, -0.1) is 10.2 Å². The van der Waals surface area contributed by atoms with Gasteiger partial charge in [0, 0.05) is 44.3 Å². The Morgan fingerprint density at radius 2 is 1.63 bits per heavy atom. The average Bonchev–Trinajstić information content (AvgIpc) is 3.40. The minimum absolute atomic E-state index is 0.00806. The SMILES string of the molecule is Cc1ccccc1-n1c(Cc2ccccc2)nnc1SCCCCC(=O)N1CCN(C(=O)Cc2ccc(F)cc2)C(C)C1. The molecule has 1 unspecified atom stereocenters. The summed E-state index contributed by atoms with van der Waals surface area (Å²) in [6.07, 6.45) is 3.10. The number of carbonyl (C=O) groups excluding carboxylic acids is 2. The van der Waals surface area contributed by atoms with Crippen LogP contribution in [-0.4, -0.2) is 67.8 Å². The number of hydrogen-bond acceptors (Lipinski definition) is 5. The molecule has 0 aliphatic carbocycles. The van der Waals surface area contributed by atoms with Crippen molar-refractivity contribution in [1.29, 1.82) is 0 Å². The summed E-state index contributed by atoms with van der Waals surface area (Å²) in [6, 6.07) is 24.6. The molecule has 0 spiro atoms. The van der Waals surface area contributed by atoms with E-state index in [9.17, 15) is 14.0 Å². The molecule has 1 fully saturated rings. The lowest BCUT2D eigenvalue weighted by Gasteiger charge is -2.40. The monoisotopic (exact) mass is 599 g/mol. The molecular weight excluding hydrogens is 561 g/mol. The van der Waals surface area contributed by atoms with E-state index >= 15 is 0 Å². The first-order valence-corrected chi connectivity index (χ1v) is 15.9. The van der Waals surface area contributed by atoms with Gasteiger partial charge in [-0.05, 0) is 61.6 Å². The van der Waals surface area contributed by atoms with Gasteiger partial charge in [-0.1, -0.05) is 72.4 Å². The summed E-state index contributed by atoms with van der Waals surface area (Å²) in [6.45, 7) is 5.67. The Morgan fingerprint density at radius 3 is 2.37 bits per heavy atom. The molecule has 1 atom stereocenters. The number of nitrogens with zero attached hydrogens (tertiary/aromatic N) is 5. The highest BCUT2D eigenvalue weighted by Crippen LogP contribution is 2.26. The fraction of sp³-hybridized carbons (Fsp3) is 0.353. The number of para-hydroxylation sites is 1. The number of hydrogen-bond donors (Lipinski definition) is 0. The van der Waals surface area contributed by atoms with Crippen LogP contribution in [0.1, 0.15) is 48.7 Å². The summed E-state index contributed by atoms with van der Waals surface area (Å²) in [5.41, 5.74) is 4.22. The van der Waals surface area contributed by atoms with Gasteiger partial charge in [0.25, 0.3) is 0 Å². The van der Waals surface area contributed by atoms with Gasteiger partial charge in [-0.3, -0.25) is 14.2 Å². The second kappa shape index (κ2) is 14.5. The van der Waals surface area contributed by atoms with E-state index in [4.69, 9.17) is 0 Å². The van der Waals surface area contributed by atoms with Crippen LogP contribution in [-0.2, 0) is 22.4 Å². The summed E-state index contributed by atoms with van der Waals surface area (Å²) in [5.74, 6) is 1.57. The third-order valence-electron chi connectivity index (χ3n) is 7.85. The maximum absolute atomic E-state index is 13.2. The van der Waals surface area contributed by atoms with Gasteiger partial charge < -0.3 is 9.80 Å². The van der Waals surface area contributed by atoms with E-state index < -0.39 is 0 Å². The Hall–Kier alpha value is -3.98. The van der Waals surface area contributed by atoms with E-state index in [0.717, 1.165) is 46.4 Å². The van der Waals surface area contributed by atoms with Crippen molar-refractivity contribution in [2.75, 3.05) is 25.4 Å². The lowest BCUT2D eigenvalue weighted by atomic mass is 10.1. The Bertz CT molecular complexity index is 1530. The van der Waals surface area contributed by atoms with Crippen molar-refractivity contribution >= 4 is 23.6 Å². The van der Waals surface area contributed by atoms with Crippen molar-refractivity contribution in [3.8, 4) is 5.69 Å². The summed E-state index contributed by atoms with van der Waals surface area (Å²) < 4.78 is 15.4. The maximum atomic E-state index is 13.2. The van der Waals surface area contributed by atoms with Crippen LogP contribution in [0.2, 0.25) is 0 Å². The smallest absolute Gasteiger partial charge is 0.227 e. The van der Waals surface area contributed by atoms with Crippen molar-refractivity contribution in [2.24, 2.45) is 0 Å².